The summed E-state index contributed by atoms with van der Waals surface area (Å²) >= 11 is 0. The number of hydrogen-bond donors (Lipinski definition) is 2. The predicted octanol–water partition coefficient (Wildman–Crippen LogP) is 3.10. The second-order valence-electron chi connectivity index (χ2n) is 6.46. The van der Waals surface area contributed by atoms with E-state index in [0.717, 1.165) is 0 Å². The third-order valence-electron chi connectivity index (χ3n) is 3.90. The number of anilines is 1. The van der Waals surface area contributed by atoms with Crippen molar-refractivity contribution < 1.29 is 19.1 Å². The van der Waals surface area contributed by atoms with Crippen LogP contribution in [0.4, 0.5) is 5.69 Å². The molecule has 0 saturated carbocycles. The normalized spacial score (nSPS) is 12.6. The minimum atomic E-state index is -0.314. The maximum absolute atomic E-state index is 12.6. The van der Waals surface area contributed by atoms with E-state index in [0.29, 0.717) is 54.0 Å². The Morgan fingerprint density at radius 1 is 1.00 bits per heavy atom. The van der Waals surface area contributed by atoms with E-state index in [4.69, 9.17) is 9.47 Å². The van der Waals surface area contributed by atoms with Crippen LogP contribution in [0, 0.1) is 5.92 Å². The fourth-order valence-electron chi connectivity index (χ4n) is 2.56. The summed E-state index contributed by atoms with van der Waals surface area (Å²) in [5, 5.41) is 5.67. The first-order valence-electron chi connectivity index (χ1n) is 8.63. The van der Waals surface area contributed by atoms with Crippen LogP contribution in [0.5, 0.6) is 11.5 Å². The number of carbonyl (C=O) groups excluding carboxylic acids is 2. The second kappa shape index (κ2) is 7.91. The van der Waals surface area contributed by atoms with Gasteiger partial charge in [-0.1, -0.05) is 26.0 Å². The number of nitrogens with one attached hydrogen (secondary N) is 2. The number of para-hydroxylation sites is 1. The molecule has 0 radical (unpaired) electrons. The van der Waals surface area contributed by atoms with E-state index in [-0.39, 0.29) is 11.8 Å². The van der Waals surface area contributed by atoms with Crippen LogP contribution in [0.25, 0.3) is 0 Å². The SMILES string of the molecule is CC(C)CNC(=O)c1ccccc1NC(=O)c1ccc2c(c1)OCCO2. The van der Waals surface area contributed by atoms with Crippen LogP contribution < -0.4 is 20.1 Å². The van der Waals surface area contributed by atoms with Gasteiger partial charge in [-0.05, 0) is 36.2 Å². The van der Waals surface area contributed by atoms with Gasteiger partial charge in [-0.3, -0.25) is 9.59 Å². The van der Waals surface area contributed by atoms with E-state index < -0.39 is 0 Å². The van der Waals surface area contributed by atoms with Crippen LogP contribution in [0.2, 0.25) is 0 Å². The molecule has 6 heteroatoms. The third kappa shape index (κ3) is 4.14. The van der Waals surface area contributed by atoms with Gasteiger partial charge in [0.15, 0.2) is 11.5 Å². The Hall–Kier alpha value is -3.02. The molecule has 0 aromatic heterocycles. The van der Waals surface area contributed by atoms with Crippen LogP contribution in [-0.2, 0) is 0 Å². The number of amides is 2. The van der Waals surface area contributed by atoms with Crippen molar-refractivity contribution in [3.63, 3.8) is 0 Å². The van der Waals surface area contributed by atoms with Gasteiger partial charge >= 0.3 is 0 Å². The smallest absolute Gasteiger partial charge is 0.255 e. The minimum Gasteiger partial charge on any atom is -0.486 e. The fourth-order valence-corrected chi connectivity index (χ4v) is 2.56. The molecule has 26 heavy (non-hydrogen) atoms. The van der Waals surface area contributed by atoms with Crippen molar-refractivity contribution in [3.8, 4) is 11.5 Å². The molecule has 2 aromatic carbocycles. The topological polar surface area (TPSA) is 76.7 Å². The Bertz CT molecular complexity index is 817. The number of hydrogen-bond acceptors (Lipinski definition) is 4. The molecule has 3 rings (SSSR count). The summed E-state index contributed by atoms with van der Waals surface area (Å²) in [6, 6.07) is 12.0. The van der Waals surface area contributed by atoms with Crippen LogP contribution in [0.15, 0.2) is 42.5 Å². The molecule has 1 aliphatic rings. The van der Waals surface area contributed by atoms with Crippen molar-refractivity contribution in [2.24, 2.45) is 5.92 Å². The third-order valence-corrected chi connectivity index (χ3v) is 3.90. The van der Waals surface area contributed by atoms with Crippen molar-refractivity contribution in [1.82, 2.24) is 5.32 Å². The Morgan fingerprint density at radius 2 is 1.73 bits per heavy atom. The lowest BCUT2D eigenvalue weighted by Crippen LogP contribution is -2.28. The molecule has 0 bridgehead atoms. The number of carbonyl (C=O) groups is 2. The van der Waals surface area contributed by atoms with Crippen LogP contribution in [-0.4, -0.2) is 31.6 Å². The number of fused-ring (bicyclic) bond motifs is 1. The van der Waals surface area contributed by atoms with Gasteiger partial charge < -0.3 is 20.1 Å². The van der Waals surface area contributed by atoms with E-state index in [1.54, 1.807) is 42.5 Å². The van der Waals surface area contributed by atoms with Crippen LogP contribution >= 0.6 is 0 Å². The number of ether oxygens (including phenoxy) is 2. The molecule has 0 aliphatic carbocycles. The average Bonchev–Trinajstić information content (AvgIpc) is 2.66. The first kappa shape index (κ1) is 17.8. The monoisotopic (exact) mass is 354 g/mol. The largest absolute Gasteiger partial charge is 0.486 e. The van der Waals surface area contributed by atoms with Crippen molar-refractivity contribution in [1.29, 1.82) is 0 Å². The summed E-state index contributed by atoms with van der Waals surface area (Å²) in [4.78, 5) is 25.0. The molecule has 0 spiro atoms. The lowest BCUT2D eigenvalue weighted by molar-refractivity contribution is 0.0950. The zero-order valence-corrected chi connectivity index (χ0v) is 14.9. The molecule has 136 valence electrons. The highest BCUT2D eigenvalue weighted by Gasteiger charge is 2.17. The standard InChI is InChI=1S/C20H22N2O4/c1-13(2)12-21-20(24)15-5-3-4-6-16(15)22-19(23)14-7-8-17-18(11-14)26-10-9-25-17/h3-8,11,13H,9-10,12H2,1-2H3,(H,21,24)(H,22,23). The molecule has 2 amide bonds. The summed E-state index contributed by atoms with van der Waals surface area (Å²) in [7, 11) is 0. The fraction of sp³-hybridized carbons (Fsp3) is 0.300. The van der Waals surface area contributed by atoms with Gasteiger partial charge in [0.25, 0.3) is 11.8 Å². The molecule has 0 saturated heterocycles. The Morgan fingerprint density at radius 3 is 2.50 bits per heavy atom. The molecule has 2 N–H and O–H groups in total. The zero-order valence-electron chi connectivity index (χ0n) is 14.9. The van der Waals surface area contributed by atoms with Gasteiger partial charge in [0.1, 0.15) is 13.2 Å². The highest BCUT2D eigenvalue weighted by molar-refractivity contribution is 6.09. The van der Waals surface area contributed by atoms with Crippen molar-refractivity contribution in [2.45, 2.75) is 13.8 Å². The van der Waals surface area contributed by atoms with Gasteiger partial charge in [0.2, 0.25) is 0 Å². The lowest BCUT2D eigenvalue weighted by atomic mass is 10.1. The number of benzene rings is 2. The minimum absolute atomic E-state index is 0.211. The van der Waals surface area contributed by atoms with E-state index in [2.05, 4.69) is 10.6 Å². The first-order valence-corrected chi connectivity index (χ1v) is 8.63. The Labute approximate surface area is 152 Å². The molecule has 2 aromatic rings. The van der Waals surface area contributed by atoms with Crippen molar-refractivity contribution in [2.75, 3.05) is 25.1 Å². The van der Waals surface area contributed by atoms with Gasteiger partial charge in [0.05, 0.1) is 11.3 Å². The van der Waals surface area contributed by atoms with Crippen molar-refractivity contribution >= 4 is 17.5 Å². The van der Waals surface area contributed by atoms with Crippen molar-refractivity contribution in [3.05, 3.63) is 53.6 Å². The molecular weight excluding hydrogens is 332 g/mol. The van der Waals surface area contributed by atoms with Gasteiger partial charge in [-0.25, -0.2) is 0 Å². The van der Waals surface area contributed by atoms with Gasteiger partial charge in [-0.2, -0.15) is 0 Å². The van der Waals surface area contributed by atoms with E-state index in [9.17, 15) is 9.59 Å². The summed E-state index contributed by atoms with van der Waals surface area (Å²) in [5.74, 6) is 0.995. The molecule has 1 aliphatic heterocycles. The lowest BCUT2D eigenvalue weighted by Gasteiger charge is -2.19. The Kier molecular flexibility index (Phi) is 5.41. The van der Waals surface area contributed by atoms with Crippen LogP contribution in [0.1, 0.15) is 34.6 Å². The maximum atomic E-state index is 12.6. The van der Waals surface area contributed by atoms with E-state index >= 15 is 0 Å². The molecule has 0 unspecified atom stereocenters. The summed E-state index contributed by atoms with van der Waals surface area (Å²) in [5.41, 5.74) is 1.33. The molecule has 0 atom stereocenters. The first-order chi connectivity index (χ1) is 12.5. The highest BCUT2D eigenvalue weighted by Crippen LogP contribution is 2.31. The second-order valence-corrected chi connectivity index (χ2v) is 6.46. The predicted molar refractivity (Wildman–Crippen MR) is 99.0 cm³/mol. The summed E-state index contributed by atoms with van der Waals surface area (Å²) in [6.45, 7) is 5.57. The van der Waals surface area contributed by atoms with E-state index in [1.165, 1.54) is 0 Å². The van der Waals surface area contributed by atoms with Gasteiger partial charge in [-0.15, -0.1) is 0 Å². The molecule has 6 nitrogen and oxygen atoms in total. The quantitative estimate of drug-likeness (QED) is 0.865. The van der Waals surface area contributed by atoms with Gasteiger partial charge in [0, 0.05) is 12.1 Å². The average molecular weight is 354 g/mol. The molecular formula is C20H22N2O4. The highest BCUT2D eigenvalue weighted by atomic mass is 16.6. The van der Waals surface area contributed by atoms with Crippen LogP contribution in [0.3, 0.4) is 0 Å². The summed E-state index contributed by atoms with van der Waals surface area (Å²) in [6.07, 6.45) is 0. The summed E-state index contributed by atoms with van der Waals surface area (Å²) < 4.78 is 11.0. The Balaban J connectivity index is 1.76. The maximum Gasteiger partial charge on any atom is 0.255 e. The number of rotatable bonds is 5. The molecule has 0 fully saturated rings. The molecule has 1 heterocycles. The van der Waals surface area contributed by atoms with E-state index in [1.807, 2.05) is 13.8 Å². The zero-order chi connectivity index (χ0) is 18.5.